The second-order valence-electron chi connectivity index (χ2n) is 8.99. The highest BCUT2D eigenvalue weighted by Gasteiger charge is 2.26. The van der Waals surface area contributed by atoms with E-state index in [4.69, 9.17) is 0 Å². The maximum absolute atomic E-state index is 13.1. The van der Waals surface area contributed by atoms with Gasteiger partial charge >= 0.3 is 0 Å². The molecule has 34 heavy (non-hydrogen) atoms. The summed E-state index contributed by atoms with van der Waals surface area (Å²) < 4.78 is 0. The third kappa shape index (κ3) is 5.90. The predicted octanol–water partition coefficient (Wildman–Crippen LogP) is 5.06. The number of nitrogens with one attached hydrogen (secondary N) is 2. The van der Waals surface area contributed by atoms with E-state index in [1.165, 1.54) is 22.7 Å². The first-order valence-corrected chi connectivity index (χ1v) is 13.0. The standard InChI is InChI=1S/C25H28N4O3S2/c1-15-9-16(2)13-29(12-15)24(32)18-7-6-17(3)20(10-18)27-22(30)11-19-14-34-25(26-19)28-23(31)21-5-4-8-33-21/h4-8,10,14-16H,9,11-13H2,1-3H3,(H,27,30)(H,26,28,31). The molecule has 1 aliphatic rings. The van der Waals surface area contributed by atoms with Gasteiger partial charge in [0.1, 0.15) is 0 Å². The molecular formula is C25H28N4O3S2. The highest BCUT2D eigenvalue weighted by atomic mass is 32.1. The number of carbonyl (C=O) groups is 3. The summed E-state index contributed by atoms with van der Waals surface area (Å²) in [7, 11) is 0. The molecule has 4 rings (SSSR count). The van der Waals surface area contributed by atoms with Crippen LogP contribution in [-0.2, 0) is 11.2 Å². The van der Waals surface area contributed by atoms with Crippen LogP contribution in [0.5, 0.6) is 0 Å². The van der Waals surface area contributed by atoms with Crippen molar-refractivity contribution in [3.05, 3.63) is 62.8 Å². The Kier molecular flexibility index (Phi) is 7.43. The van der Waals surface area contributed by atoms with Crippen LogP contribution in [0.2, 0.25) is 0 Å². The summed E-state index contributed by atoms with van der Waals surface area (Å²) in [6.45, 7) is 7.76. The van der Waals surface area contributed by atoms with Gasteiger partial charge in [0.2, 0.25) is 5.91 Å². The number of benzene rings is 1. The van der Waals surface area contributed by atoms with Gasteiger partial charge in [0.15, 0.2) is 5.13 Å². The molecule has 1 aromatic carbocycles. The minimum absolute atomic E-state index is 0.000440. The summed E-state index contributed by atoms with van der Waals surface area (Å²) >= 11 is 2.64. The number of aryl methyl sites for hydroxylation is 1. The molecule has 2 aromatic heterocycles. The van der Waals surface area contributed by atoms with E-state index < -0.39 is 0 Å². The number of anilines is 2. The first-order valence-electron chi connectivity index (χ1n) is 11.3. The van der Waals surface area contributed by atoms with Crippen molar-refractivity contribution >= 4 is 51.2 Å². The Morgan fingerprint density at radius 2 is 1.85 bits per heavy atom. The lowest BCUT2D eigenvalue weighted by atomic mass is 9.91. The van der Waals surface area contributed by atoms with Crippen LogP contribution in [0.4, 0.5) is 10.8 Å². The fourth-order valence-corrected chi connectivity index (χ4v) is 5.60. The largest absolute Gasteiger partial charge is 0.338 e. The van der Waals surface area contributed by atoms with Crippen molar-refractivity contribution < 1.29 is 14.4 Å². The van der Waals surface area contributed by atoms with Gasteiger partial charge in [-0.1, -0.05) is 26.0 Å². The third-order valence-corrected chi connectivity index (χ3v) is 7.45. The minimum Gasteiger partial charge on any atom is -0.338 e. The summed E-state index contributed by atoms with van der Waals surface area (Å²) in [5.41, 5.74) is 2.66. The third-order valence-electron chi connectivity index (χ3n) is 5.77. The number of nitrogens with zero attached hydrogens (tertiary/aromatic N) is 2. The quantitative estimate of drug-likeness (QED) is 0.499. The normalized spacial score (nSPS) is 17.9. The van der Waals surface area contributed by atoms with Crippen molar-refractivity contribution in [1.29, 1.82) is 0 Å². The molecule has 0 aliphatic carbocycles. The van der Waals surface area contributed by atoms with Crippen LogP contribution in [0.1, 0.15) is 51.6 Å². The average molecular weight is 497 g/mol. The SMILES string of the molecule is Cc1ccc(C(=O)N2CC(C)CC(C)C2)cc1NC(=O)Cc1csc(NC(=O)c2cccs2)n1. The molecule has 0 radical (unpaired) electrons. The highest BCUT2D eigenvalue weighted by molar-refractivity contribution is 7.14. The molecule has 9 heteroatoms. The second-order valence-corrected chi connectivity index (χ2v) is 10.8. The number of thiophene rings is 1. The molecule has 3 amide bonds. The Morgan fingerprint density at radius 3 is 2.56 bits per heavy atom. The van der Waals surface area contributed by atoms with E-state index >= 15 is 0 Å². The summed E-state index contributed by atoms with van der Waals surface area (Å²) in [4.78, 5) is 44.8. The minimum atomic E-state index is -0.227. The molecule has 0 bridgehead atoms. The van der Waals surface area contributed by atoms with Crippen molar-refractivity contribution in [3.8, 4) is 0 Å². The maximum atomic E-state index is 13.1. The number of hydrogen-bond donors (Lipinski definition) is 2. The Bertz CT molecular complexity index is 1180. The Balaban J connectivity index is 1.38. The molecule has 3 heterocycles. The van der Waals surface area contributed by atoms with Gasteiger partial charge in [-0.15, -0.1) is 22.7 Å². The van der Waals surface area contributed by atoms with E-state index in [2.05, 4.69) is 29.5 Å². The molecule has 7 nitrogen and oxygen atoms in total. The van der Waals surface area contributed by atoms with Gasteiger partial charge in [0.25, 0.3) is 11.8 Å². The smallest absolute Gasteiger partial charge is 0.267 e. The van der Waals surface area contributed by atoms with Gasteiger partial charge in [-0.25, -0.2) is 4.98 Å². The van der Waals surface area contributed by atoms with E-state index in [9.17, 15) is 14.4 Å². The molecule has 3 aromatic rings. The monoisotopic (exact) mass is 496 g/mol. The summed E-state index contributed by atoms with van der Waals surface area (Å²) in [5, 5.41) is 9.73. The van der Waals surface area contributed by atoms with Gasteiger partial charge < -0.3 is 10.2 Å². The van der Waals surface area contributed by atoms with Crippen molar-refractivity contribution in [3.63, 3.8) is 0 Å². The summed E-state index contributed by atoms with van der Waals surface area (Å²) in [6, 6.07) is 9.00. The maximum Gasteiger partial charge on any atom is 0.267 e. The highest BCUT2D eigenvalue weighted by Crippen LogP contribution is 2.25. The fourth-order valence-electron chi connectivity index (χ4n) is 4.27. The van der Waals surface area contributed by atoms with Crippen LogP contribution < -0.4 is 10.6 Å². The zero-order chi connectivity index (χ0) is 24.2. The molecule has 2 atom stereocenters. The average Bonchev–Trinajstić information content (AvgIpc) is 3.46. The fraction of sp³-hybridized carbons (Fsp3) is 0.360. The van der Waals surface area contributed by atoms with Crippen LogP contribution in [-0.4, -0.2) is 40.7 Å². The summed E-state index contributed by atoms with van der Waals surface area (Å²) in [6.07, 6.45) is 1.21. The number of aromatic nitrogens is 1. The number of hydrogen-bond acceptors (Lipinski definition) is 6. The van der Waals surface area contributed by atoms with Gasteiger partial charge in [0.05, 0.1) is 17.0 Å². The van der Waals surface area contributed by atoms with Crippen molar-refractivity contribution in [2.75, 3.05) is 23.7 Å². The molecule has 1 fully saturated rings. The van der Waals surface area contributed by atoms with Crippen LogP contribution in [0.15, 0.2) is 41.1 Å². The number of thiazole rings is 1. The molecule has 2 unspecified atom stereocenters. The predicted molar refractivity (Wildman–Crippen MR) is 137 cm³/mol. The number of likely N-dealkylation sites (tertiary alicyclic amines) is 1. The molecular weight excluding hydrogens is 468 g/mol. The molecule has 2 N–H and O–H groups in total. The molecule has 1 saturated heterocycles. The van der Waals surface area contributed by atoms with Crippen molar-refractivity contribution in [2.24, 2.45) is 11.8 Å². The lowest BCUT2D eigenvalue weighted by Crippen LogP contribution is -2.42. The number of amides is 3. The van der Waals surface area contributed by atoms with Crippen LogP contribution in [0, 0.1) is 18.8 Å². The first kappa shape index (κ1) is 24.1. The van der Waals surface area contributed by atoms with Gasteiger partial charge in [-0.3, -0.25) is 19.7 Å². The van der Waals surface area contributed by atoms with Crippen LogP contribution >= 0.6 is 22.7 Å². The molecule has 0 spiro atoms. The van der Waals surface area contributed by atoms with Crippen molar-refractivity contribution in [2.45, 2.75) is 33.6 Å². The lowest BCUT2D eigenvalue weighted by Gasteiger charge is -2.35. The topological polar surface area (TPSA) is 91.4 Å². The van der Waals surface area contributed by atoms with E-state index in [0.717, 1.165) is 25.1 Å². The summed E-state index contributed by atoms with van der Waals surface area (Å²) in [5.74, 6) is 0.523. The Hall–Kier alpha value is -3.04. The van der Waals surface area contributed by atoms with Gasteiger partial charge in [-0.2, -0.15) is 0 Å². The van der Waals surface area contributed by atoms with Gasteiger partial charge in [0, 0.05) is 29.7 Å². The Morgan fingerprint density at radius 1 is 1.09 bits per heavy atom. The van der Waals surface area contributed by atoms with E-state index in [1.54, 1.807) is 17.5 Å². The Labute approximate surface area is 207 Å². The van der Waals surface area contributed by atoms with Crippen molar-refractivity contribution in [1.82, 2.24) is 9.88 Å². The zero-order valence-corrected chi connectivity index (χ0v) is 21.1. The zero-order valence-electron chi connectivity index (χ0n) is 19.5. The number of rotatable bonds is 6. The molecule has 1 aliphatic heterocycles. The van der Waals surface area contributed by atoms with Crippen LogP contribution in [0.3, 0.4) is 0 Å². The molecule has 0 saturated carbocycles. The van der Waals surface area contributed by atoms with Crippen LogP contribution in [0.25, 0.3) is 0 Å². The number of carbonyl (C=O) groups excluding carboxylic acids is 3. The number of piperidine rings is 1. The van der Waals surface area contributed by atoms with E-state index in [1.807, 2.05) is 35.4 Å². The first-order chi connectivity index (χ1) is 16.3. The lowest BCUT2D eigenvalue weighted by molar-refractivity contribution is -0.115. The molecule has 178 valence electrons. The second kappa shape index (κ2) is 10.5. The van der Waals surface area contributed by atoms with Gasteiger partial charge in [-0.05, 0) is 54.3 Å². The van der Waals surface area contributed by atoms with E-state index in [-0.39, 0.29) is 24.1 Å². The van der Waals surface area contributed by atoms with E-state index in [0.29, 0.717) is 38.8 Å².